The van der Waals surface area contributed by atoms with Crippen LogP contribution in [-0.4, -0.2) is 47.7 Å². The molecule has 1 unspecified atom stereocenters. The van der Waals surface area contributed by atoms with Crippen molar-refractivity contribution in [2.24, 2.45) is 0 Å². The molecule has 0 fully saturated rings. The van der Waals surface area contributed by atoms with Crippen LogP contribution in [0.2, 0.25) is 0 Å². The molecule has 0 aliphatic carbocycles. The van der Waals surface area contributed by atoms with Crippen LogP contribution in [0, 0.1) is 0 Å². The number of ether oxygens (including phenoxy) is 2. The molecule has 2 atom stereocenters. The van der Waals surface area contributed by atoms with Gasteiger partial charge in [-0.25, -0.2) is 0 Å². The van der Waals surface area contributed by atoms with Gasteiger partial charge in [0.05, 0.1) is 6.61 Å². The van der Waals surface area contributed by atoms with Gasteiger partial charge >= 0.3 is 11.9 Å². The third-order valence-corrected chi connectivity index (χ3v) is 4.61. The first-order chi connectivity index (χ1) is 11.7. The Bertz CT molecular complexity index is 382. The zero-order valence-corrected chi connectivity index (χ0v) is 17.7. The Labute approximate surface area is 158 Å². The van der Waals surface area contributed by atoms with Gasteiger partial charge in [0.1, 0.15) is 17.7 Å². The predicted octanol–water partition coefficient (Wildman–Crippen LogP) is 3.94. The van der Waals surface area contributed by atoms with E-state index in [0.29, 0.717) is 12.4 Å². The summed E-state index contributed by atoms with van der Waals surface area (Å²) < 4.78 is 10.5. The second-order valence-electron chi connectivity index (χ2n) is 7.22. The number of nitrogens with one attached hydrogen (secondary N) is 1. The van der Waals surface area contributed by atoms with Crippen LogP contribution in [0.3, 0.4) is 0 Å². The Morgan fingerprint density at radius 2 is 1.68 bits per heavy atom. The average molecular weight is 376 g/mol. The van der Waals surface area contributed by atoms with Crippen molar-refractivity contribution in [2.45, 2.75) is 91.3 Å². The molecule has 0 saturated carbocycles. The van der Waals surface area contributed by atoms with Crippen LogP contribution in [0.15, 0.2) is 0 Å². The Balaban J connectivity index is 4.38. The molecule has 1 N–H and O–H groups in total. The zero-order valence-electron chi connectivity index (χ0n) is 16.9. The summed E-state index contributed by atoms with van der Waals surface area (Å²) >= 11 is 1.72. The smallest absolute Gasteiger partial charge is 0.324 e. The highest BCUT2D eigenvalue weighted by Crippen LogP contribution is 2.12. The van der Waals surface area contributed by atoms with Crippen molar-refractivity contribution in [3.05, 3.63) is 0 Å². The minimum Gasteiger partial charge on any atom is -0.465 e. The Hall–Kier alpha value is -0.750. The van der Waals surface area contributed by atoms with Crippen molar-refractivity contribution in [2.75, 3.05) is 18.1 Å². The van der Waals surface area contributed by atoms with Crippen molar-refractivity contribution in [3.63, 3.8) is 0 Å². The number of hydrogen-bond donors (Lipinski definition) is 1. The summed E-state index contributed by atoms with van der Waals surface area (Å²) in [7, 11) is 0. The quantitative estimate of drug-likeness (QED) is 0.388. The number of esters is 2. The largest absolute Gasteiger partial charge is 0.465 e. The van der Waals surface area contributed by atoms with E-state index in [1.165, 1.54) is 25.7 Å². The van der Waals surface area contributed by atoms with Gasteiger partial charge in [0.15, 0.2) is 0 Å². The number of hydrogen-bond acceptors (Lipinski definition) is 6. The molecular weight excluding hydrogens is 338 g/mol. The van der Waals surface area contributed by atoms with Gasteiger partial charge in [-0.15, -0.1) is 0 Å². The van der Waals surface area contributed by atoms with Gasteiger partial charge in [-0.05, 0) is 46.8 Å². The molecule has 0 saturated heterocycles. The molecule has 0 aromatic carbocycles. The van der Waals surface area contributed by atoms with Gasteiger partial charge in [0.25, 0.3) is 0 Å². The number of thioether (sulfide) groups is 1. The topological polar surface area (TPSA) is 64.6 Å². The van der Waals surface area contributed by atoms with E-state index in [0.717, 1.165) is 12.2 Å². The van der Waals surface area contributed by atoms with Crippen LogP contribution in [0.5, 0.6) is 0 Å². The molecule has 0 heterocycles. The maximum absolute atomic E-state index is 12.1. The summed E-state index contributed by atoms with van der Waals surface area (Å²) in [5.74, 6) is 0.949. The van der Waals surface area contributed by atoms with E-state index in [1.54, 1.807) is 25.6 Å². The van der Waals surface area contributed by atoms with Gasteiger partial charge in [0.2, 0.25) is 0 Å². The van der Waals surface area contributed by atoms with Crippen molar-refractivity contribution in [1.82, 2.24) is 5.32 Å². The normalized spacial score (nSPS) is 14.0. The van der Waals surface area contributed by atoms with Crippen LogP contribution in [0.25, 0.3) is 0 Å². The number of unbranched alkanes of at least 4 members (excludes halogenated alkanes) is 4. The number of carbonyl (C=O) groups is 2. The molecule has 0 aromatic rings. The van der Waals surface area contributed by atoms with Crippen molar-refractivity contribution < 1.29 is 19.1 Å². The van der Waals surface area contributed by atoms with E-state index < -0.39 is 17.7 Å². The molecule has 0 aromatic heterocycles. The predicted molar refractivity (Wildman–Crippen MR) is 105 cm³/mol. The monoisotopic (exact) mass is 375 g/mol. The highest BCUT2D eigenvalue weighted by molar-refractivity contribution is 7.99. The van der Waals surface area contributed by atoms with Crippen molar-refractivity contribution in [3.8, 4) is 0 Å². The Kier molecular flexibility index (Phi) is 13.0. The van der Waals surface area contributed by atoms with E-state index in [9.17, 15) is 9.59 Å². The highest BCUT2D eigenvalue weighted by atomic mass is 32.2. The zero-order chi connectivity index (χ0) is 19.3. The first kappa shape index (κ1) is 24.2. The summed E-state index contributed by atoms with van der Waals surface area (Å²) in [4.78, 5) is 24.2. The Morgan fingerprint density at radius 1 is 1.04 bits per heavy atom. The molecule has 5 nitrogen and oxygen atoms in total. The molecule has 0 aliphatic heterocycles. The standard InChI is InChI=1S/C19H37NO4S/c1-7-9-10-11-12-13-25-14-16(18(22)23-8-2)20-15(3)17(21)24-19(4,5)6/h15-16,20H,7-14H2,1-6H3/t15?,16-/m0/s1. The van der Waals surface area contributed by atoms with Crippen LogP contribution < -0.4 is 5.32 Å². The lowest BCUT2D eigenvalue weighted by atomic mass is 10.2. The lowest BCUT2D eigenvalue weighted by molar-refractivity contribution is -0.157. The van der Waals surface area contributed by atoms with Gasteiger partial charge in [-0.2, -0.15) is 11.8 Å². The number of carbonyl (C=O) groups excluding carboxylic acids is 2. The molecular formula is C19H37NO4S. The molecule has 148 valence electrons. The molecule has 0 bridgehead atoms. The summed E-state index contributed by atoms with van der Waals surface area (Å²) in [6.45, 7) is 11.5. The van der Waals surface area contributed by atoms with Crippen LogP contribution in [-0.2, 0) is 19.1 Å². The maximum atomic E-state index is 12.1. The van der Waals surface area contributed by atoms with E-state index in [4.69, 9.17) is 9.47 Å². The van der Waals surface area contributed by atoms with Gasteiger partial charge < -0.3 is 9.47 Å². The first-order valence-corrected chi connectivity index (χ1v) is 10.6. The second-order valence-corrected chi connectivity index (χ2v) is 8.37. The Morgan fingerprint density at radius 3 is 2.24 bits per heavy atom. The van der Waals surface area contributed by atoms with Gasteiger partial charge in [0, 0.05) is 5.75 Å². The van der Waals surface area contributed by atoms with E-state index >= 15 is 0 Å². The molecule has 6 heteroatoms. The van der Waals surface area contributed by atoms with Crippen LogP contribution in [0.4, 0.5) is 0 Å². The molecule has 0 radical (unpaired) electrons. The SMILES string of the molecule is CCCCCCCSC[C@H](NC(C)C(=O)OC(C)(C)C)C(=O)OCC. The summed E-state index contributed by atoms with van der Waals surface area (Å²) in [6, 6.07) is -1.05. The maximum Gasteiger partial charge on any atom is 0.324 e. The van der Waals surface area contributed by atoms with E-state index in [-0.39, 0.29) is 11.9 Å². The lowest BCUT2D eigenvalue weighted by Gasteiger charge is -2.25. The van der Waals surface area contributed by atoms with Gasteiger partial charge in [-0.3, -0.25) is 14.9 Å². The minimum absolute atomic E-state index is 0.309. The van der Waals surface area contributed by atoms with Crippen molar-refractivity contribution >= 4 is 23.7 Å². The third kappa shape index (κ3) is 13.2. The van der Waals surface area contributed by atoms with Gasteiger partial charge in [-0.1, -0.05) is 32.6 Å². The summed E-state index contributed by atoms with van der Waals surface area (Å²) in [5.41, 5.74) is -0.542. The second kappa shape index (κ2) is 13.5. The molecule has 25 heavy (non-hydrogen) atoms. The minimum atomic E-state index is -0.557. The fourth-order valence-corrected chi connectivity index (χ4v) is 3.24. The molecule has 0 amide bonds. The highest BCUT2D eigenvalue weighted by Gasteiger charge is 2.27. The van der Waals surface area contributed by atoms with Crippen LogP contribution in [0.1, 0.15) is 73.6 Å². The van der Waals surface area contributed by atoms with E-state index in [2.05, 4.69) is 12.2 Å². The fourth-order valence-electron chi connectivity index (χ4n) is 2.20. The van der Waals surface area contributed by atoms with Crippen molar-refractivity contribution in [1.29, 1.82) is 0 Å². The fraction of sp³-hybridized carbons (Fsp3) is 0.895. The van der Waals surface area contributed by atoms with E-state index in [1.807, 2.05) is 20.8 Å². The third-order valence-electron chi connectivity index (χ3n) is 3.46. The molecule has 0 rings (SSSR count). The summed E-state index contributed by atoms with van der Waals surface area (Å²) in [5, 5.41) is 3.07. The average Bonchev–Trinajstić information content (AvgIpc) is 2.51. The first-order valence-electron chi connectivity index (χ1n) is 9.44. The molecule has 0 spiro atoms. The lowest BCUT2D eigenvalue weighted by Crippen LogP contribution is -2.49. The van der Waals surface area contributed by atoms with Crippen LogP contribution >= 0.6 is 11.8 Å². The molecule has 0 aliphatic rings. The number of rotatable bonds is 13. The summed E-state index contributed by atoms with van der Waals surface area (Å²) in [6.07, 6.45) is 6.18.